The third-order valence-corrected chi connectivity index (χ3v) is 11.0. The molecule has 0 atom stereocenters. The fourth-order valence-electron chi connectivity index (χ4n) is 5.26. The highest BCUT2D eigenvalue weighted by atomic mass is 35.5. The van der Waals surface area contributed by atoms with Gasteiger partial charge in [0, 0.05) is 46.4 Å². The summed E-state index contributed by atoms with van der Waals surface area (Å²) in [6, 6.07) is 30.8. The molecule has 0 saturated carbocycles. The van der Waals surface area contributed by atoms with Crippen molar-refractivity contribution < 1.29 is 19.1 Å². The van der Waals surface area contributed by atoms with Crippen LogP contribution in [0.3, 0.4) is 0 Å². The Morgan fingerprint density at radius 3 is 1.37 bits per heavy atom. The Labute approximate surface area is 285 Å². The van der Waals surface area contributed by atoms with E-state index < -0.39 is 0 Å². The molecule has 0 bridgehead atoms. The minimum Gasteiger partial charge on any atom is -0.497 e. The number of amides is 2. The zero-order chi connectivity index (χ0) is 32.2. The lowest BCUT2D eigenvalue weighted by Crippen LogP contribution is -2.40. The summed E-state index contributed by atoms with van der Waals surface area (Å²) in [4.78, 5) is 32.9. The summed E-state index contributed by atoms with van der Waals surface area (Å²) in [6.45, 7) is 1.25. The van der Waals surface area contributed by atoms with Crippen molar-refractivity contribution in [2.24, 2.45) is 0 Å². The maximum Gasteiger partial charge on any atom is 0.265 e. The van der Waals surface area contributed by atoms with E-state index in [4.69, 9.17) is 32.7 Å². The number of hydrogen-bond donors (Lipinski definition) is 0. The molecule has 0 unspecified atom stereocenters. The number of hydrogen-bond acceptors (Lipinski definition) is 6. The molecule has 0 saturated heterocycles. The van der Waals surface area contributed by atoms with Gasteiger partial charge in [-0.05, 0) is 47.5 Å². The lowest BCUT2D eigenvalue weighted by Gasteiger charge is -2.28. The fourth-order valence-corrected chi connectivity index (χ4v) is 8.28. The highest BCUT2D eigenvalue weighted by Gasteiger charge is 2.27. The first-order valence-electron chi connectivity index (χ1n) is 14.5. The Balaban J connectivity index is 1.33. The van der Waals surface area contributed by atoms with Gasteiger partial charge in [-0.2, -0.15) is 0 Å². The van der Waals surface area contributed by atoms with Crippen LogP contribution in [-0.4, -0.2) is 48.9 Å². The highest BCUT2D eigenvalue weighted by Crippen LogP contribution is 2.39. The van der Waals surface area contributed by atoms with E-state index in [2.05, 4.69) is 0 Å². The van der Waals surface area contributed by atoms with Crippen LogP contribution in [0.5, 0.6) is 11.5 Å². The SMILES string of the molecule is COc1ccc2c(Cl)c(C(=O)N(CCN(Cc3ccccc3)C(=O)c3sc4cc(OC)ccc4c3Cl)Cc3ccccc3)sc2c1. The largest absolute Gasteiger partial charge is 0.497 e. The Morgan fingerprint density at radius 2 is 1.00 bits per heavy atom. The smallest absolute Gasteiger partial charge is 0.265 e. The summed E-state index contributed by atoms with van der Waals surface area (Å²) in [7, 11) is 3.21. The standard InChI is InChI=1S/C36H30Cl2N2O4S2/c1-43-25-13-15-27-29(19-25)45-33(31(27)37)35(41)39(21-23-9-5-3-6-10-23)17-18-40(22-24-11-7-4-8-12-24)36(42)34-32(38)28-16-14-26(44-2)20-30(28)46-34/h3-16,19-20H,17-18,21-22H2,1-2H3. The van der Waals surface area contributed by atoms with Crippen LogP contribution in [-0.2, 0) is 13.1 Å². The zero-order valence-electron chi connectivity index (χ0n) is 25.2. The van der Waals surface area contributed by atoms with Crippen LogP contribution >= 0.6 is 45.9 Å². The first kappa shape index (κ1) is 31.9. The van der Waals surface area contributed by atoms with Gasteiger partial charge in [-0.3, -0.25) is 9.59 Å². The van der Waals surface area contributed by atoms with E-state index in [0.29, 0.717) is 44.4 Å². The monoisotopic (exact) mass is 688 g/mol. The van der Waals surface area contributed by atoms with Gasteiger partial charge in [0.15, 0.2) is 0 Å². The van der Waals surface area contributed by atoms with Crippen LogP contribution in [0.15, 0.2) is 97.1 Å². The molecule has 2 aromatic heterocycles. The summed E-state index contributed by atoms with van der Waals surface area (Å²) in [5.41, 5.74) is 1.94. The molecule has 0 spiro atoms. The van der Waals surface area contributed by atoms with Crippen molar-refractivity contribution in [2.75, 3.05) is 27.3 Å². The number of halogens is 2. The van der Waals surface area contributed by atoms with Crippen LogP contribution in [0.2, 0.25) is 10.0 Å². The molecule has 6 rings (SSSR count). The molecule has 2 amide bonds. The van der Waals surface area contributed by atoms with Gasteiger partial charge in [0.05, 0.1) is 24.3 Å². The number of thiophene rings is 2. The van der Waals surface area contributed by atoms with Crippen molar-refractivity contribution in [3.05, 3.63) is 128 Å². The number of carbonyl (C=O) groups excluding carboxylic acids is 2. The molecule has 6 aromatic rings. The number of nitrogens with zero attached hydrogens (tertiary/aromatic N) is 2. The maximum atomic E-state index is 14.2. The van der Waals surface area contributed by atoms with Crippen molar-refractivity contribution in [2.45, 2.75) is 13.1 Å². The number of rotatable bonds is 11. The molecule has 10 heteroatoms. The van der Waals surface area contributed by atoms with E-state index in [1.807, 2.05) is 97.1 Å². The van der Waals surface area contributed by atoms with Crippen LogP contribution in [0.4, 0.5) is 0 Å². The average Bonchev–Trinajstić information content (AvgIpc) is 3.61. The first-order valence-corrected chi connectivity index (χ1v) is 16.9. The lowest BCUT2D eigenvalue weighted by atomic mass is 10.2. The minimum atomic E-state index is -0.201. The van der Waals surface area contributed by atoms with Gasteiger partial charge in [-0.15, -0.1) is 22.7 Å². The van der Waals surface area contributed by atoms with Gasteiger partial charge >= 0.3 is 0 Å². The molecule has 0 aliphatic rings. The van der Waals surface area contributed by atoms with Gasteiger partial charge in [0.2, 0.25) is 0 Å². The molecule has 0 aliphatic carbocycles. The van der Waals surface area contributed by atoms with Crippen molar-refractivity contribution in [1.82, 2.24) is 9.80 Å². The molecule has 0 radical (unpaired) electrons. The van der Waals surface area contributed by atoms with Gasteiger partial charge in [-0.1, -0.05) is 83.9 Å². The van der Waals surface area contributed by atoms with Gasteiger partial charge in [0.25, 0.3) is 11.8 Å². The van der Waals surface area contributed by atoms with Crippen LogP contribution in [0, 0.1) is 0 Å². The van der Waals surface area contributed by atoms with E-state index in [0.717, 1.165) is 31.3 Å². The maximum absolute atomic E-state index is 14.2. The Bertz CT molecular complexity index is 1870. The van der Waals surface area contributed by atoms with Crippen molar-refractivity contribution in [3.63, 3.8) is 0 Å². The number of ether oxygens (including phenoxy) is 2. The van der Waals surface area contributed by atoms with Crippen LogP contribution in [0.25, 0.3) is 20.2 Å². The third kappa shape index (κ3) is 6.71. The summed E-state index contributed by atoms with van der Waals surface area (Å²) >= 11 is 16.3. The number of carbonyl (C=O) groups is 2. The molecule has 0 fully saturated rings. The molecule has 0 aliphatic heterocycles. The fraction of sp³-hybridized carbons (Fsp3) is 0.167. The van der Waals surface area contributed by atoms with Crippen LogP contribution < -0.4 is 9.47 Å². The first-order chi connectivity index (χ1) is 22.4. The average molecular weight is 690 g/mol. The quantitative estimate of drug-likeness (QED) is 0.136. The molecule has 234 valence electrons. The topological polar surface area (TPSA) is 59.1 Å². The van der Waals surface area contributed by atoms with E-state index in [1.54, 1.807) is 24.0 Å². The minimum absolute atomic E-state index is 0.201. The highest BCUT2D eigenvalue weighted by molar-refractivity contribution is 7.22. The van der Waals surface area contributed by atoms with Crippen LogP contribution in [0.1, 0.15) is 30.5 Å². The molecule has 2 heterocycles. The normalized spacial score (nSPS) is 11.1. The number of methoxy groups -OCH3 is 2. The van der Waals surface area contributed by atoms with E-state index in [-0.39, 0.29) is 24.9 Å². The predicted octanol–water partition coefficient (Wildman–Crippen LogP) is 9.42. The van der Waals surface area contributed by atoms with Gasteiger partial charge in [-0.25, -0.2) is 0 Å². The van der Waals surface area contributed by atoms with Gasteiger partial charge in [0.1, 0.15) is 21.3 Å². The Kier molecular flexibility index (Phi) is 9.80. The molecule has 4 aromatic carbocycles. The third-order valence-electron chi connectivity index (χ3n) is 7.71. The van der Waals surface area contributed by atoms with E-state index in [1.165, 1.54) is 22.7 Å². The Morgan fingerprint density at radius 1 is 0.609 bits per heavy atom. The second kappa shape index (κ2) is 14.1. The molecule has 6 nitrogen and oxygen atoms in total. The van der Waals surface area contributed by atoms with Gasteiger partial charge < -0.3 is 19.3 Å². The predicted molar refractivity (Wildman–Crippen MR) is 189 cm³/mol. The zero-order valence-corrected chi connectivity index (χ0v) is 28.3. The number of benzene rings is 4. The van der Waals surface area contributed by atoms with E-state index in [9.17, 15) is 9.59 Å². The Hall–Kier alpha value is -4.08. The summed E-state index contributed by atoms with van der Waals surface area (Å²) < 4.78 is 12.5. The summed E-state index contributed by atoms with van der Waals surface area (Å²) in [6.07, 6.45) is 0. The summed E-state index contributed by atoms with van der Waals surface area (Å²) in [5, 5.41) is 2.42. The molecule has 46 heavy (non-hydrogen) atoms. The molecule has 0 N–H and O–H groups in total. The van der Waals surface area contributed by atoms with E-state index >= 15 is 0 Å². The molecular formula is C36H30Cl2N2O4S2. The second-order valence-electron chi connectivity index (χ2n) is 10.6. The number of fused-ring (bicyclic) bond motifs is 2. The van der Waals surface area contributed by atoms with Crippen molar-refractivity contribution in [3.8, 4) is 11.5 Å². The second-order valence-corrected chi connectivity index (χ2v) is 13.5. The summed E-state index contributed by atoms with van der Waals surface area (Å²) in [5.74, 6) is 0.985. The molecular weight excluding hydrogens is 659 g/mol. The van der Waals surface area contributed by atoms with Crippen molar-refractivity contribution in [1.29, 1.82) is 0 Å². The van der Waals surface area contributed by atoms with Crippen molar-refractivity contribution >= 4 is 77.9 Å². The lowest BCUT2D eigenvalue weighted by molar-refractivity contribution is 0.0650.